The van der Waals surface area contributed by atoms with Gasteiger partial charge in [0.25, 0.3) is 0 Å². The Kier molecular flexibility index (Phi) is 6.76. The molecule has 1 aromatic rings. The van der Waals surface area contributed by atoms with Crippen LogP contribution in [-0.4, -0.2) is 45.4 Å². The summed E-state index contributed by atoms with van der Waals surface area (Å²) >= 11 is 0. The molecule has 0 bridgehead atoms. The molecule has 3 atom stereocenters. The summed E-state index contributed by atoms with van der Waals surface area (Å²) in [6.45, 7) is 6.58. The van der Waals surface area contributed by atoms with E-state index in [0.717, 1.165) is 0 Å². The number of nitrogen functional groups attached to an aromatic ring is 1. The van der Waals surface area contributed by atoms with E-state index in [0.29, 0.717) is 0 Å². The second kappa shape index (κ2) is 8.45. The molecule has 146 valence electrons. The number of aliphatic hydroxyl groups is 1. The summed E-state index contributed by atoms with van der Waals surface area (Å²) in [5.41, 5.74) is 4.93. The van der Waals surface area contributed by atoms with E-state index < -0.39 is 37.9 Å². The van der Waals surface area contributed by atoms with Crippen molar-refractivity contribution in [1.82, 2.24) is 9.55 Å². The molecule has 0 saturated carbocycles. The van der Waals surface area contributed by atoms with Crippen LogP contribution in [0.15, 0.2) is 29.2 Å². The number of ether oxygens (including phenoxy) is 1. The minimum absolute atomic E-state index is 0.102. The molecule has 0 aliphatic carbocycles. The standard InChI is InChI=1S/C16H26N3O6P/c1-10(2)24-26(22,25-11(3)4)15-6-5-12(13(9-20)23-15)19-8-7-14(17)18-16(19)21/h5-8,10-13,15,20H,9H2,1-4H3,(H2,17,18,21)/t12-,13-,15+/m0/s1. The fraction of sp³-hybridized carbons (Fsp3) is 0.625. The summed E-state index contributed by atoms with van der Waals surface area (Å²) < 4.78 is 31.4. The van der Waals surface area contributed by atoms with E-state index in [4.69, 9.17) is 19.5 Å². The number of nitrogens with zero attached hydrogens (tertiary/aromatic N) is 2. The van der Waals surface area contributed by atoms with Gasteiger partial charge >= 0.3 is 13.3 Å². The lowest BCUT2D eigenvalue weighted by molar-refractivity contribution is -0.0340. The molecule has 9 nitrogen and oxygen atoms in total. The Balaban J connectivity index is 2.35. The van der Waals surface area contributed by atoms with E-state index in [-0.39, 0.29) is 18.0 Å². The molecule has 0 unspecified atom stereocenters. The van der Waals surface area contributed by atoms with Crippen LogP contribution in [0.2, 0.25) is 0 Å². The largest absolute Gasteiger partial charge is 0.394 e. The van der Waals surface area contributed by atoms with Gasteiger partial charge < -0.3 is 24.6 Å². The van der Waals surface area contributed by atoms with E-state index in [9.17, 15) is 14.5 Å². The average Bonchev–Trinajstić information content (AvgIpc) is 2.53. The molecular weight excluding hydrogens is 361 g/mol. The number of aromatic nitrogens is 2. The van der Waals surface area contributed by atoms with Gasteiger partial charge in [0.1, 0.15) is 11.9 Å². The second-order valence-corrected chi connectivity index (χ2v) is 8.52. The number of nitrogens with two attached hydrogens (primary N) is 1. The molecule has 1 aliphatic rings. The highest BCUT2D eigenvalue weighted by molar-refractivity contribution is 7.54. The zero-order valence-corrected chi connectivity index (χ0v) is 16.2. The third-order valence-corrected chi connectivity index (χ3v) is 5.90. The van der Waals surface area contributed by atoms with Crippen LogP contribution in [0.25, 0.3) is 0 Å². The summed E-state index contributed by atoms with van der Waals surface area (Å²) in [4.78, 5) is 15.7. The molecule has 1 aromatic heterocycles. The highest BCUT2D eigenvalue weighted by Gasteiger charge is 2.42. The van der Waals surface area contributed by atoms with Gasteiger partial charge in [0, 0.05) is 6.20 Å². The first-order valence-corrected chi connectivity index (χ1v) is 10.0. The Morgan fingerprint density at radius 3 is 2.42 bits per heavy atom. The van der Waals surface area contributed by atoms with Crippen molar-refractivity contribution in [2.24, 2.45) is 0 Å². The van der Waals surface area contributed by atoms with Crippen molar-refractivity contribution in [3.63, 3.8) is 0 Å². The highest BCUT2D eigenvalue weighted by Crippen LogP contribution is 2.57. The molecule has 0 aromatic carbocycles. The summed E-state index contributed by atoms with van der Waals surface area (Å²) in [7, 11) is -3.64. The van der Waals surface area contributed by atoms with E-state index in [1.54, 1.807) is 33.8 Å². The monoisotopic (exact) mass is 387 g/mol. The Labute approximate surface area is 152 Å². The van der Waals surface area contributed by atoms with Gasteiger partial charge in [-0.2, -0.15) is 4.98 Å². The zero-order chi connectivity index (χ0) is 19.5. The number of hydrogen-bond acceptors (Lipinski definition) is 8. The predicted molar refractivity (Wildman–Crippen MR) is 96.9 cm³/mol. The first kappa shape index (κ1) is 20.8. The summed E-state index contributed by atoms with van der Waals surface area (Å²) in [6, 6.07) is 0.855. The van der Waals surface area contributed by atoms with E-state index in [1.165, 1.54) is 22.9 Å². The fourth-order valence-corrected chi connectivity index (χ4v) is 4.71. The molecule has 1 aliphatic heterocycles. The summed E-state index contributed by atoms with van der Waals surface area (Å²) in [5, 5.41) is 9.72. The van der Waals surface area contributed by atoms with Crippen molar-refractivity contribution in [3.05, 3.63) is 34.9 Å². The van der Waals surface area contributed by atoms with Crippen LogP contribution in [0, 0.1) is 0 Å². The minimum atomic E-state index is -3.64. The van der Waals surface area contributed by atoms with Crippen molar-refractivity contribution in [1.29, 1.82) is 0 Å². The topological polar surface area (TPSA) is 126 Å². The smallest absolute Gasteiger partial charge is 0.363 e. The molecule has 10 heteroatoms. The van der Waals surface area contributed by atoms with Gasteiger partial charge in [0.05, 0.1) is 24.9 Å². The van der Waals surface area contributed by atoms with Crippen molar-refractivity contribution in [2.75, 3.05) is 12.3 Å². The first-order valence-electron chi connectivity index (χ1n) is 8.42. The molecule has 2 rings (SSSR count). The van der Waals surface area contributed by atoms with E-state index in [2.05, 4.69) is 4.98 Å². The van der Waals surface area contributed by atoms with Gasteiger partial charge in [-0.05, 0) is 39.8 Å². The Morgan fingerprint density at radius 2 is 1.92 bits per heavy atom. The van der Waals surface area contributed by atoms with Crippen molar-refractivity contribution >= 4 is 13.4 Å². The Hall–Kier alpha value is -1.51. The van der Waals surface area contributed by atoms with Crippen LogP contribution in [0.4, 0.5) is 5.82 Å². The van der Waals surface area contributed by atoms with Gasteiger partial charge in [0.2, 0.25) is 0 Å². The molecule has 0 radical (unpaired) electrons. The normalized spacial score (nSPS) is 23.7. The maximum absolute atomic E-state index is 13.2. The maximum Gasteiger partial charge on any atom is 0.363 e. The van der Waals surface area contributed by atoms with Crippen molar-refractivity contribution in [2.45, 2.75) is 57.9 Å². The maximum atomic E-state index is 13.2. The first-order chi connectivity index (χ1) is 12.2. The molecule has 2 heterocycles. The van der Waals surface area contributed by atoms with Crippen LogP contribution in [-0.2, 0) is 18.3 Å². The van der Waals surface area contributed by atoms with Gasteiger partial charge in [-0.3, -0.25) is 9.13 Å². The van der Waals surface area contributed by atoms with Crippen molar-refractivity contribution < 1.29 is 23.5 Å². The molecule has 26 heavy (non-hydrogen) atoms. The fourth-order valence-electron chi connectivity index (χ4n) is 2.63. The van der Waals surface area contributed by atoms with E-state index >= 15 is 0 Å². The summed E-state index contributed by atoms with van der Waals surface area (Å²) in [6.07, 6.45) is 3.13. The third-order valence-electron chi connectivity index (χ3n) is 3.55. The highest BCUT2D eigenvalue weighted by atomic mass is 31.2. The number of rotatable bonds is 7. The number of aliphatic hydroxyl groups excluding tert-OH is 1. The van der Waals surface area contributed by atoms with Crippen LogP contribution < -0.4 is 11.4 Å². The van der Waals surface area contributed by atoms with E-state index in [1.807, 2.05) is 0 Å². The minimum Gasteiger partial charge on any atom is -0.394 e. The lowest BCUT2D eigenvalue weighted by Crippen LogP contribution is -2.40. The van der Waals surface area contributed by atoms with Crippen LogP contribution in [0.5, 0.6) is 0 Å². The predicted octanol–water partition coefficient (Wildman–Crippen LogP) is 1.68. The molecule has 3 N–H and O–H groups in total. The number of anilines is 1. The lowest BCUT2D eigenvalue weighted by atomic mass is 10.1. The van der Waals surface area contributed by atoms with Crippen LogP contribution in [0.1, 0.15) is 33.7 Å². The number of hydrogen-bond donors (Lipinski definition) is 2. The van der Waals surface area contributed by atoms with Gasteiger partial charge in [-0.1, -0.05) is 6.08 Å². The van der Waals surface area contributed by atoms with Gasteiger partial charge in [-0.25, -0.2) is 4.79 Å². The zero-order valence-electron chi connectivity index (χ0n) is 15.3. The quantitative estimate of drug-likeness (QED) is 0.535. The van der Waals surface area contributed by atoms with Gasteiger partial charge in [0.15, 0.2) is 5.85 Å². The molecule has 0 saturated heterocycles. The van der Waals surface area contributed by atoms with Gasteiger partial charge in [-0.15, -0.1) is 0 Å². The molecular formula is C16H26N3O6P. The molecule has 0 spiro atoms. The second-order valence-electron chi connectivity index (χ2n) is 6.51. The SMILES string of the molecule is CC(C)OP(=O)(OC(C)C)[C@@H]1C=C[C@H](n2ccc(N)nc2=O)[C@H](CO)O1. The average molecular weight is 387 g/mol. The molecule has 0 fully saturated rings. The lowest BCUT2D eigenvalue weighted by Gasteiger charge is -2.35. The van der Waals surface area contributed by atoms with Crippen LogP contribution >= 0.6 is 7.60 Å². The Bertz CT molecular complexity index is 734. The Morgan fingerprint density at radius 1 is 1.31 bits per heavy atom. The van der Waals surface area contributed by atoms with Crippen LogP contribution in [0.3, 0.4) is 0 Å². The summed E-state index contributed by atoms with van der Waals surface area (Å²) in [5.74, 6) is -0.885. The van der Waals surface area contributed by atoms with Crippen molar-refractivity contribution in [3.8, 4) is 0 Å². The molecule has 0 amide bonds. The third kappa shape index (κ3) is 4.81.